The highest BCUT2D eigenvalue weighted by Gasteiger charge is 2.34. The summed E-state index contributed by atoms with van der Waals surface area (Å²) >= 11 is 1.53. The molecule has 0 radical (unpaired) electrons. The maximum absolute atomic E-state index is 12.6. The van der Waals surface area contributed by atoms with E-state index in [1.807, 2.05) is 18.2 Å². The Morgan fingerprint density at radius 1 is 1.22 bits per heavy atom. The molecule has 27 heavy (non-hydrogen) atoms. The third-order valence-corrected chi connectivity index (χ3v) is 6.40. The summed E-state index contributed by atoms with van der Waals surface area (Å²) in [6.07, 6.45) is 2.84. The fraction of sp³-hybridized carbons (Fsp3) is 0.455. The molecular formula is C22H27NO3S. The molecule has 0 saturated carbocycles. The van der Waals surface area contributed by atoms with Gasteiger partial charge in [-0.25, -0.2) is 4.79 Å². The minimum Gasteiger partial charge on any atom is -0.462 e. The molecule has 5 heteroatoms. The molecule has 0 aliphatic heterocycles. The van der Waals surface area contributed by atoms with Gasteiger partial charge in [-0.1, -0.05) is 39.0 Å². The summed E-state index contributed by atoms with van der Waals surface area (Å²) < 4.78 is 5.29. The topological polar surface area (TPSA) is 55.4 Å². The predicted molar refractivity (Wildman–Crippen MR) is 110 cm³/mol. The number of nitrogens with one attached hydrogen (secondary N) is 1. The summed E-state index contributed by atoms with van der Waals surface area (Å²) in [4.78, 5) is 26.5. The Morgan fingerprint density at radius 2 is 1.93 bits per heavy atom. The van der Waals surface area contributed by atoms with Crippen LogP contribution in [-0.4, -0.2) is 18.5 Å². The van der Waals surface area contributed by atoms with Crippen LogP contribution in [0, 0.1) is 11.3 Å². The first-order valence-corrected chi connectivity index (χ1v) is 10.3. The Morgan fingerprint density at radius 3 is 2.56 bits per heavy atom. The number of ether oxygens (including phenoxy) is 1. The van der Waals surface area contributed by atoms with E-state index in [2.05, 4.69) is 26.1 Å². The number of fused-ring (bicyclic) bond motifs is 1. The zero-order chi connectivity index (χ0) is 19.6. The first kappa shape index (κ1) is 19.6. The molecule has 1 aromatic carbocycles. The van der Waals surface area contributed by atoms with E-state index >= 15 is 0 Å². The van der Waals surface area contributed by atoms with Gasteiger partial charge in [-0.3, -0.25) is 4.79 Å². The van der Waals surface area contributed by atoms with Crippen LogP contribution < -0.4 is 5.32 Å². The second kappa shape index (κ2) is 7.85. The first-order chi connectivity index (χ1) is 12.8. The average molecular weight is 386 g/mol. The van der Waals surface area contributed by atoms with Gasteiger partial charge in [0.2, 0.25) is 0 Å². The number of hydrogen-bond donors (Lipinski definition) is 1. The third kappa shape index (κ3) is 4.24. The van der Waals surface area contributed by atoms with Crippen molar-refractivity contribution < 1.29 is 14.3 Å². The Hall–Kier alpha value is -2.14. The number of hydrogen-bond acceptors (Lipinski definition) is 4. The highest BCUT2D eigenvalue weighted by atomic mass is 32.1. The predicted octanol–water partition coefficient (Wildman–Crippen LogP) is 5.33. The highest BCUT2D eigenvalue weighted by molar-refractivity contribution is 7.17. The molecule has 1 N–H and O–H groups in total. The van der Waals surface area contributed by atoms with Gasteiger partial charge in [-0.2, -0.15) is 0 Å². The van der Waals surface area contributed by atoms with E-state index in [1.165, 1.54) is 16.2 Å². The quantitative estimate of drug-likeness (QED) is 0.724. The van der Waals surface area contributed by atoms with Gasteiger partial charge in [0, 0.05) is 10.4 Å². The van der Waals surface area contributed by atoms with Gasteiger partial charge in [0.05, 0.1) is 12.2 Å². The second-order valence-electron chi connectivity index (χ2n) is 8.05. The molecule has 1 aliphatic carbocycles. The largest absolute Gasteiger partial charge is 0.462 e. The number of carbonyl (C=O) groups excluding carboxylic acids is 2. The summed E-state index contributed by atoms with van der Waals surface area (Å²) in [6, 6.07) is 9.06. The van der Waals surface area contributed by atoms with Crippen molar-refractivity contribution in [1.82, 2.24) is 0 Å². The monoisotopic (exact) mass is 385 g/mol. The number of esters is 1. The molecule has 0 spiro atoms. The van der Waals surface area contributed by atoms with Crippen molar-refractivity contribution in [1.29, 1.82) is 0 Å². The van der Waals surface area contributed by atoms with Crippen LogP contribution in [0.1, 0.15) is 65.3 Å². The van der Waals surface area contributed by atoms with Crippen molar-refractivity contribution >= 4 is 28.2 Å². The van der Waals surface area contributed by atoms with Crippen molar-refractivity contribution in [2.24, 2.45) is 11.3 Å². The first-order valence-electron chi connectivity index (χ1n) is 9.49. The molecule has 0 saturated heterocycles. The molecule has 1 heterocycles. The van der Waals surface area contributed by atoms with Gasteiger partial charge >= 0.3 is 5.97 Å². The Bertz CT molecular complexity index is 833. The summed E-state index contributed by atoms with van der Waals surface area (Å²) in [6.45, 7) is 8.91. The maximum Gasteiger partial charge on any atom is 0.341 e. The van der Waals surface area contributed by atoms with Crippen molar-refractivity contribution in [3.05, 3.63) is 51.9 Å². The molecule has 0 unspecified atom stereocenters. The Kier molecular flexibility index (Phi) is 5.70. The summed E-state index contributed by atoms with van der Waals surface area (Å²) in [5, 5.41) is 3.57. The van der Waals surface area contributed by atoms with Crippen LogP contribution in [0.25, 0.3) is 0 Å². The number of anilines is 1. The molecule has 1 aliphatic rings. The molecule has 144 valence electrons. The van der Waals surface area contributed by atoms with Crippen molar-refractivity contribution in [2.75, 3.05) is 11.9 Å². The van der Waals surface area contributed by atoms with Crippen molar-refractivity contribution in [2.45, 2.75) is 47.0 Å². The van der Waals surface area contributed by atoms with Gasteiger partial charge < -0.3 is 10.1 Å². The molecule has 2 aromatic rings. The van der Waals surface area contributed by atoms with Crippen LogP contribution in [0.2, 0.25) is 0 Å². The fourth-order valence-electron chi connectivity index (χ4n) is 3.60. The van der Waals surface area contributed by atoms with E-state index in [1.54, 1.807) is 19.1 Å². The second-order valence-corrected chi connectivity index (χ2v) is 9.16. The molecule has 0 fully saturated rings. The van der Waals surface area contributed by atoms with E-state index in [4.69, 9.17) is 4.74 Å². The van der Waals surface area contributed by atoms with Crippen LogP contribution in [-0.2, 0) is 17.6 Å². The van der Waals surface area contributed by atoms with E-state index in [9.17, 15) is 9.59 Å². The molecule has 0 bridgehead atoms. The molecular weight excluding hydrogens is 358 g/mol. The smallest absolute Gasteiger partial charge is 0.341 e. The molecule has 1 aromatic heterocycles. The summed E-state index contributed by atoms with van der Waals surface area (Å²) in [7, 11) is 0. The lowest BCUT2D eigenvalue weighted by Crippen LogP contribution is -2.26. The van der Waals surface area contributed by atoms with Crippen LogP contribution in [0.15, 0.2) is 30.3 Å². The normalized spacial score (nSPS) is 16.5. The van der Waals surface area contributed by atoms with E-state index in [0.29, 0.717) is 28.7 Å². The lowest BCUT2D eigenvalue weighted by Gasteiger charge is -2.33. The fourth-order valence-corrected chi connectivity index (χ4v) is 4.91. The minimum absolute atomic E-state index is 0.202. The maximum atomic E-state index is 12.6. The minimum atomic E-state index is -0.340. The molecule has 4 nitrogen and oxygen atoms in total. The lowest BCUT2D eigenvalue weighted by molar-refractivity contribution is 0.0526. The van der Waals surface area contributed by atoms with Crippen molar-refractivity contribution in [3.63, 3.8) is 0 Å². The zero-order valence-corrected chi connectivity index (χ0v) is 17.2. The standard InChI is InChI=1S/C22H27NO3S/c1-5-26-21(25)18-16-12-11-15(22(2,3)4)13-17(16)27-20(18)23-19(24)14-9-7-6-8-10-14/h6-10,15H,5,11-13H2,1-4H3,(H,23,24)/t15-/m0/s1. The SMILES string of the molecule is CCOC(=O)c1c(NC(=O)c2ccccc2)sc2c1CC[C@H](C(C)(C)C)C2. The molecule has 1 atom stereocenters. The zero-order valence-electron chi connectivity index (χ0n) is 16.4. The van der Waals surface area contributed by atoms with E-state index in [0.717, 1.165) is 24.8 Å². The van der Waals surface area contributed by atoms with Crippen LogP contribution in [0.3, 0.4) is 0 Å². The number of rotatable bonds is 4. The van der Waals surface area contributed by atoms with Gasteiger partial charge in [0.25, 0.3) is 5.91 Å². The number of carbonyl (C=O) groups is 2. The number of amides is 1. The molecule has 3 rings (SSSR count). The Labute approximate surface area is 164 Å². The van der Waals surface area contributed by atoms with Gasteiger partial charge in [0.15, 0.2) is 0 Å². The van der Waals surface area contributed by atoms with Gasteiger partial charge in [-0.05, 0) is 55.2 Å². The number of thiophene rings is 1. The highest BCUT2D eigenvalue weighted by Crippen LogP contribution is 2.44. The van der Waals surface area contributed by atoms with Crippen molar-refractivity contribution in [3.8, 4) is 0 Å². The average Bonchev–Trinajstić information content (AvgIpc) is 2.99. The third-order valence-electron chi connectivity index (χ3n) is 5.23. The van der Waals surface area contributed by atoms with Crippen LogP contribution >= 0.6 is 11.3 Å². The van der Waals surface area contributed by atoms with Gasteiger partial charge in [0.1, 0.15) is 5.00 Å². The van der Waals surface area contributed by atoms with E-state index in [-0.39, 0.29) is 17.3 Å². The van der Waals surface area contributed by atoms with Gasteiger partial charge in [-0.15, -0.1) is 11.3 Å². The lowest BCUT2D eigenvalue weighted by atomic mass is 9.72. The van der Waals surface area contributed by atoms with Crippen LogP contribution in [0.5, 0.6) is 0 Å². The summed E-state index contributed by atoms with van der Waals surface area (Å²) in [5.74, 6) is 0.0241. The van der Waals surface area contributed by atoms with E-state index < -0.39 is 0 Å². The Balaban J connectivity index is 1.94. The summed E-state index contributed by atoms with van der Waals surface area (Å²) in [5.41, 5.74) is 2.40. The number of benzene rings is 1. The van der Waals surface area contributed by atoms with Crippen LogP contribution in [0.4, 0.5) is 5.00 Å². The molecule has 1 amide bonds.